The van der Waals surface area contributed by atoms with E-state index in [1.807, 2.05) is 18.2 Å². The van der Waals surface area contributed by atoms with E-state index in [4.69, 9.17) is 5.26 Å². The van der Waals surface area contributed by atoms with Gasteiger partial charge in [-0.05, 0) is 0 Å². The normalized spacial score (nSPS) is 7.70. The topological polar surface area (TPSA) is 36.7 Å². The molecule has 0 radical (unpaired) electrons. The second kappa shape index (κ2) is 4.54. The molecule has 0 fully saturated rings. The summed E-state index contributed by atoms with van der Waals surface area (Å²) in [5.74, 6) is 0. The Hall–Kier alpha value is -0.257. The van der Waals surface area contributed by atoms with Gasteiger partial charge in [0.2, 0.25) is 0 Å². The van der Waals surface area contributed by atoms with Crippen molar-refractivity contribution in [2.45, 2.75) is 0 Å². The van der Waals surface area contributed by atoms with Gasteiger partial charge in [0.25, 0.3) is 0 Å². The van der Waals surface area contributed by atoms with Crippen molar-refractivity contribution >= 4 is 4.16 Å². The number of halogens is 1. The van der Waals surface area contributed by atoms with E-state index < -0.39 is 0 Å². The minimum Gasteiger partial charge on any atom is -1.00 e. The van der Waals surface area contributed by atoms with Crippen molar-refractivity contribution in [3.8, 4) is 6.07 Å². The van der Waals surface area contributed by atoms with Crippen molar-refractivity contribution in [1.29, 1.82) is 5.26 Å². The maximum atomic E-state index is 8.43. The zero-order valence-corrected chi connectivity index (χ0v) is 9.76. The Labute approximate surface area is 79.7 Å². The van der Waals surface area contributed by atoms with E-state index in [1.54, 1.807) is 6.20 Å². The van der Waals surface area contributed by atoms with Gasteiger partial charge in [-0.25, -0.2) is 0 Å². The molecule has 2 nitrogen and oxygen atoms in total. The third-order valence-electron chi connectivity index (χ3n) is 0.997. The van der Waals surface area contributed by atoms with Crippen molar-refractivity contribution in [1.82, 2.24) is 4.98 Å². The summed E-state index contributed by atoms with van der Waals surface area (Å²) in [5, 5.41) is 8.43. The van der Waals surface area contributed by atoms with Crippen LogP contribution in [0.4, 0.5) is 0 Å². The Morgan fingerprint density at radius 3 is 2.70 bits per heavy atom. The Kier molecular flexibility index (Phi) is 4.43. The minimum atomic E-state index is 0. The fourth-order valence-electron chi connectivity index (χ4n) is 0.539. The second-order valence-corrected chi connectivity index (χ2v) is 3.22. The van der Waals surface area contributed by atoms with E-state index in [0.717, 1.165) is 22.5 Å². The molecular formula is C6H3BrN2Zn. The first-order valence-corrected chi connectivity index (χ1v) is 4.00. The summed E-state index contributed by atoms with van der Waals surface area (Å²) in [6.07, 6.45) is 1.64. The first-order valence-electron chi connectivity index (χ1n) is 2.51. The Morgan fingerprint density at radius 2 is 2.30 bits per heavy atom. The molecule has 10 heavy (non-hydrogen) atoms. The number of rotatable bonds is 0. The summed E-state index contributed by atoms with van der Waals surface area (Å²) < 4.78 is 1.06. The van der Waals surface area contributed by atoms with Crippen molar-refractivity contribution in [3.63, 3.8) is 0 Å². The monoisotopic (exact) mass is 246 g/mol. The summed E-state index contributed by atoms with van der Waals surface area (Å²) in [6, 6.07) is 5.78. The van der Waals surface area contributed by atoms with Crippen LogP contribution in [0, 0.1) is 11.3 Å². The molecule has 0 unspecified atom stereocenters. The van der Waals surface area contributed by atoms with Gasteiger partial charge in [0.15, 0.2) is 0 Å². The molecule has 4 heteroatoms. The molecule has 0 aliphatic rings. The summed E-state index contributed by atoms with van der Waals surface area (Å²) >= 11 is 0.997. The Balaban J connectivity index is 0.000000810. The zero-order valence-electron chi connectivity index (χ0n) is 5.21. The average molecular weight is 248 g/mol. The molecule has 1 rings (SSSR count). The van der Waals surface area contributed by atoms with Crippen LogP contribution in [0.1, 0.15) is 5.69 Å². The van der Waals surface area contributed by atoms with Crippen LogP contribution >= 0.6 is 0 Å². The molecule has 0 aromatic carbocycles. The standard InChI is InChI=1S/C6H3N2.BrH.Zn/c7-5-6-3-1-2-4-8-6;;/h1-2,4H;1H;/q;;+1/p-1. The Bertz CT molecular complexity index is 256. The van der Waals surface area contributed by atoms with Gasteiger partial charge in [-0.1, -0.05) is 0 Å². The van der Waals surface area contributed by atoms with Gasteiger partial charge >= 0.3 is 62.8 Å². The predicted octanol–water partition coefficient (Wildman–Crippen LogP) is -2.87. The van der Waals surface area contributed by atoms with Gasteiger partial charge in [0, 0.05) is 0 Å². The number of nitrogens with zero attached hydrogens (tertiary/aromatic N) is 2. The summed E-state index contributed by atoms with van der Waals surface area (Å²) in [7, 11) is 0. The molecule has 0 saturated carbocycles. The molecule has 0 saturated heterocycles. The maximum Gasteiger partial charge on any atom is -1.00 e. The first-order chi connectivity index (χ1) is 4.34. The molecule has 0 aliphatic heterocycles. The van der Waals surface area contributed by atoms with Crippen molar-refractivity contribution in [3.05, 3.63) is 24.0 Å². The quantitative estimate of drug-likeness (QED) is 0.463. The first kappa shape index (κ1) is 9.74. The van der Waals surface area contributed by atoms with Crippen LogP contribution < -0.4 is 21.1 Å². The second-order valence-electron chi connectivity index (χ2n) is 1.62. The predicted molar refractivity (Wildman–Crippen MR) is 28.6 cm³/mol. The van der Waals surface area contributed by atoms with Crippen molar-refractivity contribution in [2.75, 3.05) is 0 Å². The number of aromatic nitrogens is 1. The van der Waals surface area contributed by atoms with Gasteiger partial charge in [0.05, 0.1) is 0 Å². The van der Waals surface area contributed by atoms with E-state index in [-0.39, 0.29) is 17.0 Å². The van der Waals surface area contributed by atoms with E-state index in [1.165, 1.54) is 0 Å². The molecule has 0 spiro atoms. The SMILES string of the molecule is N#Cc1nccc[c]1[Zn+].[Br-]. The van der Waals surface area contributed by atoms with Crippen molar-refractivity contribution < 1.29 is 35.3 Å². The fraction of sp³-hybridized carbons (Fsp3) is 0. The van der Waals surface area contributed by atoms with Crippen LogP contribution in [-0.4, -0.2) is 4.98 Å². The summed E-state index contributed by atoms with van der Waals surface area (Å²) in [5.41, 5.74) is 0.567. The summed E-state index contributed by atoms with van der Waals surface area (Å²) in [4.78, 5) is 3.87. The zero-order chi connectivity index (χ0) is 6.69. The third kappa shape index (κ3) is 2.17. The van der Waals surface area contributed by atoms with Crippen LogP contribution in [0.25, 0.3) is 0 Å². The third-order valence-corrected chi connectivity index (χ3v) is 2.19. The van der Waals surface area contributed by atoms with Gasteiger partial charge in [-0.2, -0.15) is 0 Å². The summed E-state index contributed by atoms with van der Waals surface area (Å²) in [6.45, 7) is 0. The molecule has 0 aliphatic carbocycles. The van der Waals surface area contributed by atoms with E-state index >= 15 is 0 Å². The van der Waals surface area contributed by atoms with Gasteiger partial charge in [-0.3, -0.25) is 0 Å². The maximum absolute atomic E-state index is 8.43. The van der Waals surface area contributed by atoms with Gasteiger partial charge in [0.1, 0.15) is 0 Å². The fourth-order valence-corrected chi connectivity index (χ4v) is 1.18. The molecule has 1 aromatic rings. The van der Waals surface area contributed by atoms with E-state index in [0.29, 0.717) is 5.69 Å². The number of hydrogen-bond acceptors (Lipinski definition) is 2. The van der Waals surface area contributed by atoms with Gasteiger partial charge in [-0.15, -0.1) is 0 Å². The van der Waals surface area contributed by atoms with Crippen LogP contribution in [0.15, 0.2) is 18.3 Å². The molecule has 0 amide bonds. The molecule has 0 atom stereocenters. The molecular weight excluding hydrogens is 245 g/mol. The van der Waals surface area contributed by atoms with E-state index in [2.05, 4.69) is 4.98 Å². The molecule has 46 valence electrons. The van der Waals surface area contributed by atoms with Crippen LogP contribution in [0.5, 0.6) is 0 Å². The Morgan fingerprint density at radius 1 is 1.60 bits per heavy atom. The minimum absolute atomic E-state index is 0. The van der Waals surface area contributed by atoms with E-state index in [9.17, 15) is 0 Å². The van der Waals surface area contributed by atoms with Crippen LogP contribution in [0.3, 0.4) is 0 Å². The number of hydrogen-bond donors (Lipinski definition) is 0. The molecule has 1 heterocycles. The molecule has 0 N–H and O–H groups in total. The largest absolute Gasteiger partial charge is 1.00 e. The van der Waals surface area contributed by atoms with Crippen LogP contribution in [0.2, 0.25) is 0 Å². The number of pyridine rings is 1. The average Bonchev–Trinajstić information content (AvgIpc) is 1.89. The number of nitriles is 1. The van der Waals surface area contributed by atoms with Crippen LogP contribution in [-0.2, 0) is 18.3 Å². The van der Waals surface area contributed by atoms with Gasteiger partial charge < -0.3 is 17.0 Å². The molecule has 1 aromatic heterocycles. The smallest absolute Gasteiger partial charge is 1.00 e. The van der Waals surface area contributed by atoms with Crippen molar-refractivity contribution in [2.24, 2.45) is 0 Å². The molecule has 0 bridgehead atoms.